The van der Waals surface area contributed by atoms with Crippen LogP contribution in [0.4, 0.5) is 0 Å². The molecule has 4 aromatic rings. The standard InChI is InChI=1S/C18H19N.C18H29N.C17H20N2.C3H6.C2H6.C2H2/c1-4-14(3)11-12-15(5-2)17-10-6-8-16-9-7-13-19-18(16)17;1-7-10-12-14-18(16(4)13-11-8-2)15-19(6)17(5)9-3;1-4-15(18)11-17(19-3)14-8-9-16-12(2)6-5-7-13(16)10-14;1-3-2;2*1-2/h5-13H,2,4H2,1,3H3;1,9,11,13-14,16H,8,10,12,15H2,2-6H3;5-11H,4,18H2,1-3H3;3H,1H2,2H3;1-2H3;1-2H/b14-11-,15-12+;13-11-,17-9+,18-14+;15-11-,19-17?;;;. The minimum Gasteiger partial charge on any atom is -0.402 e. The van der Waals surface area contributed by atoms with E-state index in [9.17, 15) is 0 Å². The molecular formula is C60H82N4. The number of rotatable bonds is 15. The van der Waals surface area contributed by atoms with Gasteiger partial charge in [0.15, 0.2) is 0 Å². The van der Waals surface area contributed by atoms with E-state index in [0.717, 1.165) is 77.7 Å². The van der Waals surface area contributed by atoms with Crippen LogP contribution in [0.2, 0.25) is 0 Å². The van der Waals surface area contributed by atoms with Gasteiger partial charge in [-0.3, -0.25) is 9.98 Å². The molecule has 4 nitrogen and oxygen atoms in total. The van der Waals surface area contributed by atoms with E-state index in [1.165, 1.54) is 33.2 Å². The summed E-state index contributed by atoms with van der Waals surface area (Å²) in [6.07, 6.45) is 38.8. The zero-order chi connectivity index (χ0) is 48.9. The number of likely N-dealkylation sites (N-methyl/N-ethyl adjacent to an activating group) is 1. The minimum atomic E-state index is 0.477. The Kier molecular flexibility index (Phi) is 34.7. The highest BCUT2D eigenvalue weighted by molar-refractivity contribution is 6.10. The number of aromatic nitrogens is 1. The van der Waals surface area contributed by atoms with Gasteiger partial charge in [0.1, 0.15) is 0 Å². The Labute approximate surface area is 392 Å². The maximum atomic E-state index is 5.90. The van der Waals surface area contributed by atoms with Gasteiger partial charge in [0, 0.05) is 61.2 Å². The molecule has 1 atom stereocenters. The second-order valence-corrected chi connectivity index (χ2v) is 14.6. The summed E-state index contributed by atoms with van der Waals surface area (Å²) in [6.45, 7) is 31.3. The van der Waals surface area contributed by atoms with Crippen LogP contribution >= 0.6 is 0 Å². The molecule has 1 heterocycles. The first kappa shape index (κ1) is 59.7. The van der Waals surface area contributed by atoms with Gasteiger partial charge in [0.2, 0.25) is 0 Å². The lowest BCUT2D eigenvalue weighted by Gasteiger charge is -2.24. The van der Waals surface area contributed by atoms with Gasteiger partial charge in [-0.1, -0.05) is 157 Å². The van der Waals surface area contributed by atoms with Crippen molar-refractivity contribution in [2.75, 3.05) is 20.6 Å². The van der Waals surface area contributed by atoms with Crippen LogP contribution in [-0.4, -0.2) is 36.2 Å². The van der Waals surface area contributed by atoms with Crippen LogP contribution in [0.3, 0.4) is 0 Å². The van der Waals surface area contributed by atoms with E-state index in [4.69, 9.17) is 12.2 Å². The number of terminal acetylenes is 2. The number of pyridine rings is 1. The molecule has 1 aromatic heterocycles. The molecule has 2 N–H and O–H groups in total. The van der Waals surface area contributed by atoms with E-state index in [1.807, 2.05) is 52.1 Å². The summed E-state index contributed by atoms with van der Waals surface area (Å²) < 4.78 is 0. The van der Waals surface area contributed by atoms with Gasteiger partial charge < -0.3 is 10.6 Å². The Morgan fingerprint density at radius 2 is 1.58 bits per heavy atom. The molecular weight excluding hydrogens is 777 g/mol. The summed E-state index contributed by atoms with van der Waals surface area (Å²) in [7, 11) is 3.94. The van der Waals surface area contributed by atoms with Gasteiger partial charge in [-0.05, 0) is 112 Å². The number of aliphatic imine (C=N–C) groups is 1. The first-order chi connectivity index (χ1) is 30.9. The van der Waals surface area contributed by atoms with Crippen LogP contribution in [-0.2, 0) is 0 Å². The largest absolute Gasteiger partial charge is 0.402 e. The van der Waals surface area contributed by atoms with Crippen molar-refractivity contribution < 1.29 is 0 Å². The lowest BCUT2D eigenvalue weighted by molar-refractivity contribution is 0.440. The third-order valence-corrected chi connectivity index (χ3v) is 10.0. The molecule has 0 radical (unpaired) electrons. The lowest BCUT2D eigenvalue weighted by Crippen LogP contribution is -2.21. The molecule has 0 aliphatic carbocycles. The molecule has 0 bridgehead atoms. The molecule has 0 aliphatic heterocycles. The Morgan fingerprint density at radius 3 is 2.16 bits per heavy atom. The van der Waals surface area contributed by atoms with Crippen molar-refractivity contribution in [2.24, 2.45) is 16.6 Å². The van der Waals surface area contributed by atoms with E-state index in [0.29, 0.717) is 5.92 Å². The van der Waals surface area contributed by atoms with Crippen molar-refractivity contribution in [3.05, 3.63) is 180 Å². The van der Waals surface area contributed by atoms with Gasteiger partial charge in [0.05, 0.1) is 11.2 Å². The molecule has 0 saturated carbocycles. The quantitative estimate of drug-likeness (QED) is 0.0426. The number of aryl methyl sites for hydroxylation is 1. The van der Waals surface area contributed by atoms with Gasteiger partial charge in [-0.25, -0.2) is 0 Å². The van der Waals surface area contributed by atoms with Gasteiger partial charge in [-0.2, -0.15) is 0 Å². The van der Waals surface area contributed by atoms with Crippen molar-refractivity contribution in [1.82, 2.24) is 9.88 Å². The number of allylic oxidation sites excluding steroid dienone is 13. The maximum absolute atomic E-state index is 5.90. The van der Waals surface area contributed by atoms with E-state index in [-0.39, 0.29) is 0 Å². The van der Waals surface area contributed by atoms with Crippen molar-refractivity contribution in [3.63, 3.8) is 0 Å². The van der Waals surface area contributed by atoms with Gasteiger partial charge in [-0.15, -0.1) is 31.8 Å². The lowest BCUT2D eigenvalue weighted by atomic mass is 9.98. The molecule has 0 spiro atoms. The number of fused-ring (bicyclic) bond motifs is 2. The molecule has 4 heteroatoms. The highest BCUT2D eigenvalue weighted by Crippen LogP contribution is 2.25. The monoisotopic (exact) mass is 859 g/mol. The maximum Gasteiger partial charge on any atom is 0.0780 e. The van der Waals surface area contributed by atoms with Crippen molar-refractivity contribution >= 4 is 33.0 Å². The van der Waals surface area contributed by atoms with Crippen LogP contribution in [0, 0.1) is 38.0 Å². The Morgan fingerprint density at radius 1 is 0.938 bits per heavy atom. The predicted octanol–water partition coefficient (Wildman–Crippen LogP) is 16.2. The average Bonchev–Trinajstić information content (AvgIpc) is 3.33. The molecule has 1 unspecified atom stereocenters. The van der Waals surface area contributed by atoms with Crippen LogP contribution in [0.5, 0.6) is 0 Å². The number of hydrogen-bond acceptors (Lipinski definition) is 4. The second-order valence-electron chi connectivity index (χ2n) is 14.6. The van der Waals surface area contributed by atoms with E-state index in [1.54, 1.807) is 13.1 Å². The summed E-state index contributed by atoms with van der Waals surface area (Å²) >= 11 is 0. The van der Waals surface area contributed by atoms with Crippen LogP contribution < -0.4 is 5.73 Å². The Bertz CT molecular complexity index is 2240. The zero-order valence-corrected chi connectivity index (χ0v) is 42.0. The molecule has 0 saturated heterocycles. The first-order valence-corrected chi connectivity index (χ1v) is 22.7. The summed E-state index contributed by atoms with van der Waals surface area (Å²) in [5, 5.41) is 3.68. The number of unbranched alkanes of at least 4 members (excludes halogenated alkanes) is 1. The second kappa shape index (κ2) is 37.2. The fourth-order valence-electron chi connectivity index (χ4n) is 5.93. The van der Waals surface area contributed by atoms with E-state index >= 15 is 0 Å². The highest BCUT2D eigenvalue weighted by atomic mass is 15.1. The topological polar surface area (TPSA) is 54.5 Å². The SMILES string of the molecule is C#C.C#CCC/C=C(\CN(C)/C(C)=C/C)C(C)/C=C\CC.C=C/C(=C\C=C(\C)CC)c1cccc2cccnc12.C=CC.CC.CC/C(N)=C/C(=NC)c1ccc2c(C)cccc2c1. The first-order valence-electron chi connectivity index (χ1n) is 22.7. The van der Waals surface area contributed by atoms with Gasteiger partial charge >= 0.3 is 0 Å². The summed E-state index contributed by atoms with van der Waals surface area (Å²) in [5.41, 5.74) is 17.5. The molecule has 0 aliphatic rings. The average molecular weight is 859 g/mol. The number of hydrogen-bond donors (Lipinski definition) is 1. The fourth-order valence-corrected chi connectivity index (χ4v) is 5.93. The smallest absolute Gasteiger partial charge is 0.0780 e. The van der Waals surface area contributed by atoms with E-state index in [2.05, 4.69) is 199 Å². The number of nitrogens with zero attached hydrogens (tertiary/aromatic N) is 3. The minimum absolute atomic E-state index is 0.477. The van der Waals surface area contributed by atoms with Crippen LogP contribution in [0.15, 0.2) is 168 Å². The molecule has 0 fully saturated rings. The zero-order valence-electron chi connectivity index (χ0n) is 42.0. The molecule has 0 amide bonds. The number of para-hydroxylation sites is 1. The predicted molar refractivity (Wildman–Crippen MR) is 292 cm³/mol. The Hall–Kier alpha value is -6.36. The normalized spacial score (nSPS) is 12.3. The molecule has 342 valence electrons. The fraction of sp³-hybridized carbons (Fsp3) is 0.333. The summed E-state index contributed by atoms with van der Waals surface area (Å²) in [6, 6.07) is 23.1. The summed E-state index contributed by atoms with van der Waals surface area (Å²) in [5.74, 6) is 3.18. The summed E-state index contributed by atoms with van der Waals surface area (Å²) in [4.78, 5) is 11.1. The van der Waals surface area contributed by atoms with Crippen molar-refractivity contribution in [1.29, 1.82) is 0 Å². The molecule has 4 rings (SSSR count). The third kappa shape index (κ3) is 22.6. The van der Waals surface area contributed by atoms with Gasteiger partial charge in [0.25, 0.3) is 0 Å². The van der Waals surface area contributed by atoms with Crippen molar-refractivity contribution in [2.45, 2.75) is 108 Å². The van der Waals surface area contributed by atoms with E-state index < -0.39 is 0 Å². The van der Waals surface area contributed by atoms with Crippen LogP contribution in [0.25, 0.3) is 27.2 Å². The van der Waals surface area contributed by atoms with Crippen molar-refractivity contribution in [3.8, 4) is 25.2 Å². The third-order valence-electron chi connectivity index (χ3n) is 10.0. The Balaban J connectivity index is 0. The number of nitrogens with two attached hydrogens (primary N) is 1. The number of benzene rings is 3. The highest BCUT2D eigenvalue weighted by Gasteiger charge is 2.09. The van der Waals surface area contributed by atoms with Crippen LogP contribution in [0.1, 0.15) is 118 Å². The molecule has 64 heavy (non-hydrogen) atoms. The molecule has 3 aromatic carbocycles.